The van der Waals surface area contributed by atoms with Gasteiger partial charge in [-0.05, 0) is 25.7 Å². The second-order valence-corrected chi connectivity index (χ2v) is 5.81. The number of hydrogen-bond acceptors (Lipinski definition) is 4. The fourth-order valence-corrected chi connectivity index (χ4v) is 4.09. The van der Waals surface area contributed by atoms with Crippen LogP contribution in [-0.4, -0.2) is 17.2 Å². The lowest BCUT2D eigenvalue weighted by molar-refractivity contribution is 0.100. The van der Waals surface area contributed by atoms with E-state index >= 15 is 0 Å². The predicted molar refractivity (Wildman–Crippen MR) is 64.6 cm³/mol. The summed E-state index contributed by atoms with van der Waals surface area (Å²) in [7, 11) is 0. The number of aryl methyl sites for hydroxylation is 1. The zero-order valence-electron chi connectivity index (χ0n) is 9.61. The Morgan fingerprint density at radius 2 is 2.38 bits per heavy atom. The van der Waals surface area contributed by atoms with Crippen LogP contribution < -0.4 is 5.73 Å². The maximum Gasteiger partial charge on any atom is 0.0989 e. The van der Waals surface area contributed by atoms with Crippen molar-refractivity contribution in [3.05, 3.63) is 15.6 Å². The van der Waals surface area contributed by atoms with E-state index in [2.05, 4.69) is 6.92 Å². The summed E-state index contributed by atoms with van der Waals surface area (Å²) < 4.78 is 5.89. The lowest BCUT2D eigenvalue weighted by Gasteiger charge is -2.15. The number of nitrogens with zero attached hydrogens (tertiary/aromatic N) is 1. The van der Waals surface area contributed by atoms with Gasteiger partial charge in [0, 0.05) is 17.3 Å². The molecule has 0 aromatic carbocycles. The van der Waals surface area contributed by atoms with Gasteiger partial charge in [-0.1, -0.05) is 6.92 Å². The molecule has 2 saturated heterocycles. The van der Waals surface area contributed by atoms with E-state index in [4.69, 9.17) is 15.5 Å². The molecule has 0 radical (unpaired) electrons. The summed E-state index contributed by atoms with van der Waals surface area (Å²) in [6.07, 6.45) is 5.57. The Bertz CT molecular complexity index is 369. The lowest BCUT2D eigenvalue weighted by Crippen LogP contribution is -2.14. The summed E-state index contributed by atoms with van der Waals surface area (Å²) in [5, 5.41) is 1.27. The Balaban J connectivity index is 1.86. The van der Waals surface area contributed by atoms with Crippen molar-refractivity contribution >= 4 is 11.3 Å². The summed E-state index contributed by atoms with van der Waals surface area (Å²) >= 11 is 1.80. The van der Waals surface area contributed by atoms with Crippen LogP contribution in [0.15, 0.2) is 0 Å². The third kappa shape index (κ3) is 1.60. The fourth-order valence-electron chi connectivity index (χ4n) is 2.90. The Labute approximate surface area is 100 Å². The highest BCUT2D eigenvalue weighted by Crippen LogP contribution is 2.45. The molecule has 2 N–H and O–H groups in total. The Kier molecular flexibility index (Phi) is 2.73. The molecule has 3 unspecified atom stereocenters. The molecule has 0 spiro atoms. The van der Waals surface area contributed by atoms with Gasteiger partial charge in [0.2, 0.25) is 0 Å². The van der Waals surface area contributed by atoms with Gasteiger partial charge >= 0.3 is 0 Å². The van der Waals surface area contributed by atoms with Gasteiger partial charge in [0.1, 0.15) is 0 Å². The predicted octanol–water partition coefficient (Wildman–Crippen LogP) is 2.20. The first-order chi connectivity index (χ1) is 7.81. The number of thiazole rings is 1. The first kappa shape index (κ1) is 10.7. The molecule has 0 saturated carbocycles. The van der Waals surface area contributed by atoms with E-state index in [9.17, 15) is 0 Å². The van der Waals surface area contributed by atoms with Crippen molar-refractivity contribution in [3.8, 4) is 0 Å². The molecule has 2 fully saturated rings. The molecule has 2 aliphatic rings. The largest absolute Gasteiger partial charge is 0.374 e. The Morgan fingerprint density at radius 3 is 2.88 bits per heavy atom. The van der Waals surface area contributed by atoms with E-state index in [0.29, 0.717) is 24.7 Å². The van der Waals surface area contributed by atoms with Gasteiger partial charge in [0.25, 0.3) is 0 Å². The average Bonchev–Trinajstić information content (AvgIpc) is 3.02. The maximum atomic E-state index is 5.89. The van der Waals surface area contributed by atoms with Crippen LogP contribution in [0.5, 0.6) is 0 Å². The monoisotopic (exact) mass is 238 g/mol. The van der Waals surface area contributed by atoms with E-state index in [1.807, 2.05) is 0 Å². The molecule has 2 aliphatic heterocycles. The highest BCUT2D eigenvalue weighted by Gasteiger charge is 2.42. The van der Waals surface area contributed by atoms with Crippen molar-refractivity contribution in [2.45, 2.75) is 57.3 Å². The molecule has 1 aromatic rings. The van der Waals surface area contributed by atoms with Gasteiger partial charge < -0.3 is 10.5 Å². The molecular weight excluding hydrogens is 220 g/mol. The van der Waals surface area contributed by atoms with Crippen LogP contribution in [0, 0.1) is 0 Å². The third-order valence-electron chi connectivity index (χ3n) is 3.74. The van der Waals surface area contributed by atoms with Gasteiger partial charge in [0.15, 0.2) is 0 Å². The van der Waals surface area contributed by atoms with Crippen molar-refractivity contribution in [2.24, 2.45) is 5.73 Å². The summed E-state index contributed by atoms with van der Waals surface area (Å²) in [6, 6.07) is 0. The normalized spacial score (nSPS) is 32.5. The minimum Gasteiger partial charge on any atom is -0.374 e. The van der Waals surface area contributed by atoms with Gasteiger partial charge in [-0.25, -0.2) is 4.98 Å². The highest BCUT2D eigenvalue weighted by molar-refractivity contribution is 7.11. The SMILES string of the molecule is CCc1nc(C2CC3CCC2O3)sc1CN. The number of rotatable bonds is 3. The number of fused-ring (bicyclic) bond motifs is 2. The van der Waals surface area contributed by atoms with Crippen molar-refractivity contribution in [2.75, 3.05) is 0 Å². The molecule has 3 atom stereocenters. The summed E-state index contributed by atoms with van der Waals surface area (Å²) in [6.45, 7) is 2.78. The molecule has 4 heteroatoms. The molecule has 3 rings (SSSR count). The van der Waals surface area contributed by atoms with Gasteiger partial charge in [-0.3, -0.25) is 0 Å². The minimum atomic E-state index is 0.437. The first-order valence-electron chi connectivity index (χ1n) is 6.15. The molecule has 0 amide bonds. The quantitative estimate of drug-likeness (QED) is 0.878. The molecule has 1 aromatic heterocycles. The van der Waals surface area contributed by atoms with E-state index in [1.165, 1.54) is 34.8 Å². The smallest absolute Gasteiger partial charge is 0.0989 e. The van der Waals surface area contributed by atoms with Gasteiger partial charge in [-0.15, -0.1) is 11.3 Å². The van der Waals surface area contributed by atoms with Gasteiger partial charge in [-0.2, -0.15) is 0 Å². The molecule has 2 bridgehead atoms. The van der Waals surface area contributed by atoms with Gasteiger partial charge in [0.05, 0.1) is 22.9 Å². The van der Waals surface area contributed by atoms with E-state index in [-0.39, 0.29) is 0 Å². The molecule has 0 aliphatic carbocycles. The maximum absolute atomic E-state index is 5.89. The topological polar surface area (TPSA) is 48.1 Å². The van der Waals surface area contributed by atoms with Crippen LogP contribution in [0.2, 0.25) is 0 Å². The van der Waals surface area contributed by atoms with Crippen LogP contribution in [0.25, 0.3) is 0 Å². The average molecular weight is 238 g/mol. The minimum absolute atomic E-state index is 0.437. The number of hydrogen-bond donors (Lipinski definition) is 1. The fraction of sp³-hybridized carbons (Fsp3) is 0.750. The van der Waals surface area contributed by atoms with Crippen molar-refractivity contribution in [3.63, 3.8) is 0 Å². The van der Waals surface area contributed by atoms with Crippen molar-refractivity contribution in [1.82, 2.24) is 4.98 Å². The van der Waals surface area contributed by atoms with Crippen LogP contribution in [0.3, 0.4) is 0 Å². The van der Waals surface area contributed by atoms with Crippen LogP contribution in [0.4, 0.5) is 0 Å². The second kappa shape index (κ2) is 4.09. The molecule has 3 nitrogen and oxygen atoms in total. The van der Waals surface area contributed by atoms with Crippen LogP contribution in [-0.2, 0) is 17.7 Å². The first-order valence-corrected chi connectivity index (χ1v) is 6.97. The number of nitrogens with two attached hydrogens (primary N) is 1. The van der Waals surface area contributed by atoms with Crippen LogP contribution in [0.1, 0.15) is 47.7 Å². The van der Waals surface area contributed by atoms with E-state index < -0.39 is 0 Å². The Morgan fingerprint density at radius 1 is 1.50 bits per heavy atom. The molecule has 3 heterocycles. The van der Waals surface area contributed by atoms with E-state index in [1.54, 1.807) is 11.3 Å². The van der Waals surface area contributed by atoms with Crippen molar-refractivity contribution < 1.29 is 4.74 Å². The molecule has 88 valence electrons. The van der Waals surface area contributed by atoms with E-state index in [0.717, 1.165) is 6.42 Å². The standard InChI is InChI=1S/C12H18N2OS/c1-2-9-11(6-13)16-12(14-9)8-5-7-3-4-10(8)15-7/h7-8,10H,2-6,13H2,1H3. The zero-order chi connectivity index (χ0) is 11.1. The number of ether oxygens (including phenoxy) is 1. The zero-order valence-corrected chi connectivity index (χ0v) is 10.4. The second-order valence-electron chi connectivity index (χ2n) is 4.70. The van der Waals surface area contributed by atoms with Crippen molar-refractivity contribution in [1.29, 1.82) is 0 Å². The van der Waals surface area contributed by atoms with Crippen LogP contribution >= 0.6 is 11.3 Å². The highest BCUT2D eigenvalue weighted by atomic mass is 32.1. The Hall–Kier alpha value is -0.450. The third-order valence-corrected chi connectivity index (χ3v) is 4.99. The number of aromatic nitrogens is 1. The summed E-state index contributed by atoms with van der Waals surface area (Å²) in [5.41, 5.74) is 6.95. The lowest BCUT2D eigenvalue weighted by atomic mass is 9.90. The molecular formula is C12H18N2OS. The molecule has 16 heavy (non-hydrogen) atoms. The summed E-state index contributed by atoms with van der Waals surface area (Å²) in [5.74, 6) is 0.550. The summed E-state index contributed by atoms with van der Waals surface area (Å²) in [4.78, 5) is 6.02.